The highest BCUT2D eigenvalue weighted by molar-refractivity contribution is 6.33. The van der Waals surface area contributed by atoms with Gasteiger partial charge in [-0.15, -0.1) is 0 Å². The van der Waals surface area contributed by atoms with Gasteiger partial charge in [0.2, 0.25) is 0 Å². The van der Waals surface area contributed by atoms with Crippen molar-refractivity contribution in [1.29, 1.82) is 0 Å². The van der Waals surface area contributed by atoms with Crippen LogP contribution in [-0.2, 0) is 16.0 Å². The number of halogens is 1. The summed E-state index contributed by atoms with van der Waals surface area (Å²) in [5, 5.41) is 3.07. The Balaban J connectivity index is 1.87. The van der Waals surface area contributed by atoms with E-state index in [0.29, 0.717) is 23.6 Å². The van der Waals surface area contributed by atoms with Crippen molar-refractivity contribution in [3.8, 4) is 0 Å². The van der Waals surface area contributed by atoms with E-state index in [4.69, 9.17) is 16.3 Å². The van der Waals surface area contributed by atoms with Gasteiger partial charge in [-0.2, -0.15) is 0 Å². The molecule has 0 bridgehead atoms. The third-order valence-electron chi connectivity index (χ3n) is 3.90. The Hall–Kier alpha value is -2.40. The van der Waals surface area contributed by atoms with Gasteiger partial charge in [0, 0.05) is 12.4 Å². The number of benzene rings is 1. The Morgan fingerprint density at radius 1 is 1.19 bits per heavy atom. The molecule has 26 heavy (non-hydrogen) atoms. The summed E-state index contributed by atoms with van der Waals surface area (Å²) in [6.07, 6.45) is 4.99. The van der Waals surface area contributed by atoms with Crippen molar-refractivity contribution in [3.63, 3.8) is 0 Å². The Morgan fingerprint density at radius 3 is 2.62 bits per heavy atom. The number of pyridine rings is 1. The van der Waals surface area contributed by atoms with E-state index in [0.717, 1.165) is 12.0 Å². The fourth-order valence-corrected chi connectivity index (χ4v) is 2.67. The van der Waals surface area contributed by atoms with Crippen molar-refractivity contribution in [3.05, 3.63) is 64.9 Å². The molecule has 0 aliphatic heterocycles. The van der Waals surface area contributed by atoms with Gasteiger partial charge in [0.25, 0.3) is 5.91 Å². The van der Waals surface area contributed by atoms with Crippen molar-refractivity contribution in [2.75, 3.05) is 6.61 Å². The van der Waals surface area contributed by atoms with Crippen LogP contribution in [0.5, 0.6) is 0 Å². The quantitative estimate of drug-likeness (QED) is 0.565. The van der Waals surface area contributed by atoms with Gasteiger partial charge in [-0.25, -0.2) is 4.79 Å². The topological polar surface area (TPSA) is 68.3 Å². The smallest absolute Gasteiger partial charge is 0.328 e. The number of rotatable bonds is 8. The Morgan fingerprint density at radius 2 is 1.96 bits per heavy atom. The Labute approximate surface area is 158 Å². The molecule has 1 atom stereocenters. The summed E-state index contributed by atoms with van der Waals surface area (Å²) >= 11 is 6.04. The number of amides is 1. The van der Waals surface area contributed by atoms with Crippen LogP contribution in [-0.4, -0.2) is 29.5 Å². The molecule has 0 saturated carbocycles. The van der Waals surface area contributed by atoms with Crippen LogP contribution in [0.2, 0.25) is 5.02 Å². The summed E-state index contributed by atoms with van der Waals surface area (Å²) in [5.74, 6) is -0.930. The highest BCUT2D eigenvalue weighted by atomic mass is 35.5. The molecule has 0 aliphatic carbocycles. The highest BCUT2D eigenvalue weighted by Gasteiger charge is 2.26. The number of hydrogen-bond donors (Lipinski definition) is 1. The zero-order valence-electron chi connectivity index (χ0n) is 14.9. The van der Waals surface area contributed by atoms with Crippen LogP contribution in [0.3, 0.4) is 0 Å². The molecule has 138 valence electrons. The second kappa shape index (κ2) is 9.92. The average molecular weight is 375 g/mol. The fourth-order valence-electron chi connectivity index (χ4n) is 2.45. The predicted octanol–water partition coefficient (Wildman–Crippen LogP) is 3.67. The van der Waals surface area contributed by atoms with E-state index >= 15 is 0 Å². The molecule has 0 fully saturated rings. The third-order valence-corrected chi connectivity index (χ3v) is 4.23. The summed E-state index contributed by atoms with van der Waals surface area (Å²) in [6, 6.07) is 9.86. The summed E-state index contributed by atoms with van der Waals surface area (Å²) in [6.45, 7) is 4.00. The van der Waals surface area contributed by atoms with Crippen LogP contribution in [0, 0.1) is 5.92 Å². The first-order valence-corrected chi connectivity index (χ1v) is 8.97. The lowest BCUT2D eigenvalue weighted by atomic mass is 10.0. The van der Waals surface area contributed by atoms with Gasteiger partial charge >= 0.3 is 5.97 Å². The van der Waals surface area contributed by atoms with Gasteiger partial charge in [-0.3, -0.25) is 9.78 Å². The van der Waals surface area contributed by atoms with E-state index in [1.54, 1.807) is 36.7 Å². The van der Waals surface area contributed by atoms with E-state index in [1.807, 2.05) is 26.0 Å². The molecular formula is C20H23ClN2O3. The average Bonchev–Trinajstić information content (AvgIpc) is 2.64. The number of aryl methyl sites for hydroxylation is 1. The van der Waals surface area contributed by atoms with Crippen LogP contribution < -0.4 is 5.32 Å². The van der Waals surface area contributed by atoms with Gasteiger partial charge in [0.15, 0.2) is 0 Å². The van der Waals surface area contributed by atoms with E-state index in [1.165, 1.54) is 0 Å². The van der Waals surface area contributed by atoms with Crippen molar-refractivity contribution in [2.24, 2.45) is 5.92 Å². The van der Waals surface area contributed by atoms with E-state index in [9.17, 15) is 9.59 Å². The van der Waals surface area contributed by atoms with Gasteiger partial charge in [-0.1, -0.05) is 43.6 Å². The number of nitrogens with zero attached hydrogens (tertiary/aromatic N) is 1. The number of esters is 1. The Kier molecular flexibility index (Phi) is 7.60. The van der Waals surface area contributed by atoms with Gasteiger partial charge in [0.05, 0.1) is 17.2 Å². The monoisotopic (exact) mass is 374 g/mol. The molecule has 0 aliphatic rings. The van der Waals surface area contributed by atoms with E-state index in [2.05, 4.69) is 10.3 Å². The molecular weight excluding hydrogens is 352 g/mol. The fraction of sp³-hybridized carbons (Fsp3) is 0.350. The van der Waals surface area contributed by atoms with Crippen LogP contribution in [0.1, 0.15) is 36.2 Å². The molecule has 1 aromatic heterocycles. The third kappa shape index (κ3) is 5.85. The van der Waals surface area contributed by atoms with E-state index in [-0.39, 0.29) is 11.8 Å². The maximum absolute atomic E-state index is 12.4. The maximum atomic E-state index is 12.4. The molecule has 1 heterocycles. The SMILES string of the molecule is CC(C)C(NC(=O)c1ccccc1Cl)C(=O)OCCCc1cccnc1. The van der Waals surface area contributed by atoms with Crippen LogP contribution >= 0.6 is 11.6 Å². The summed E-state index contributed by atoms with van der Waals surface area (Å²) in [5.41, 5.74) is 1.43. The van der Waals surface area contributed by atoms with E-state index < -0.39 is 12.0 Å². The van der Waals surface area contributed by atoms with Gasteiger partial charge in [0.1, 0.15) is 6.04 Å². The molecule has 5 nitrogen and oxygen atoms in total. The first-order chi connectivity index (χ1) is 12.5. The maximum Gasteiger partial charge on any atom is 0.328 e. The van der Waals surface area contributed by atoms with Crippen molar-refractivity contribution in [2.45, 2.75) is 32.7 Å². The Bertz CT molecular complexity index is 735. The van der Waals surface area contributed by atoms with Crippen LogP contribution in [0.25, 0.3) is 0 Å². The molecule has 2 aromatic rings. The molecule has 6 heteroatoms. The predicted molar refractivity (Wildman–Crippen MR) is 101 cm³/mol. The normalized spacial score (nSPS) is 11.8. The number of hydrogen-bond acceptors (Lipinski definition) is 4. The molecule has 0 spiro atoms. The van der Waals surface area contributed by atoms with Crippen molar-refractivity contribution in [1.82, 2.24) is 10.3 Å². The molecule has 1 N–H and O–H groups in total. The highest BCUT2D eigenvalue weighted by Crippen LogP contribution is 2.16. The first-order valence-electron chi connectivity index (χ1n) is 8.60. The lowest BCUT2D eigenvalue weighted by molar-refractivity contribution is -0.147. The minimum atomic E-state index is -0.725. The molecule has 1 unspecified atom stereocenters. The number of carbonyl (C=O) groups excluding carboxylic acids is 2. The number of nitrogens with one attached hydrogen (secondary N) is 1. The van der Waals surface area contributed by atoms with Gasteiger partial charge in [-0.05, 0) is 42.5 Å². The lowest BCUT2D eigenvalue weighted by Gasteiger charge is -2.21. The first kappa shape index (κ1) is 19.9. The molecule has 2 rings (SSSR count). The minimum absolute atomic E-state index is 0.104. The van der Waals surface area contributed by atoms with Crippen LogP contribution in [0.4, 0.5) is 0 Å². The largest absolute Gasteiger partial charge is 0.464 e. The zero-order valence-corrected chi connectivity index (χ0v) is 15.7. The number of aromatic nitrogens is 1. The summed E-state index contributed by atoms with van der Waals surface area (Å²) in [7, 11) is 0. The van der Waals surface area contributed by atoms with Crippen LogP contribution in [0.15, 0.2) is 48.8 Å². The zero-order chi connectivity index (χ0) is 18.9. The van der Waals surface area contributed by atoms with Gasteiger partial charge < -0.3 is 10.1 Å². The standard InChI is InChI=1S/C20H23ClN2O3/c1-14(2)18(23-19(24)16-9-3-4-10-17(16)21)20(25)26-12-6-8-15-7-5-11-22-13-15/h3-5,7,9-11,13-14,18H,6,8,12H2,1-2H3,(H,23,24). The second-order valence-electron chi connectivity index (χ2n) is 6.31. The van der Waals surface area contributed by atoms with Crippen molar-refractivity contribution < 1.29 is 14.3 Å². The summed E-state index contributed by atoms with van der Waals surface area (Å²) < 4.78 is 5.35. The molecule has 0 saturated heterocycles. The number of ether oxygens (including phenoxy) is 1. The molecule has 1 amide bonds. The van der Waals surface area contributed by atoms with Crippen molar-refractivity contribution >= 4 is 23.5 Å². The molecule has 0 radical (unpaired) electrons. The number of carbonyl (C=O) groups is 2. The molecule has 1 aromatic carbocycles. The second-order valence-corrected chi connectivity index (χ2v) is 6.71. The summed E-state index contributed by atoms with van der Waals surface area (Å²) in [4.78, 5) is 28.8. The minimum Gasteiger partial charge on any atom is -0.464 e. The lowest BCUT2D eigenvalue weighted by Crippen LogP contribution is -2.45.